The number of halogens is 1. The van der Waals surface area contributed by atoms with Gasteiger partial charge in [-0.1, -0.05) is 44.2 Å². The molecule has 0 aliphatic heterocycles. The number of hydrogen-bond donors (Lipinski definition) is 0. The molecule has 6 atom stereocenters. The predicted octanol–water partition coefficient (Wildman–Crippen LogP) is 5.54. The number of benzene rings is 1. The Labute approximate surface area is 133 Å². The second-order valence-corrected chi connectivity index (χ2v) is 9.61. The molecule has 6 unspecified atom stereocenters. The van der Waals surface area contributed by atoms with E-state index in [1.807, 2.05) is 0 Å². The average Bonchev–Trinajstić information content (AvgIpc) is 2.72. The van der Waals surface area contributed by atoms with E-state index in [1.54, 1.807) is 5.56 Å². The van der Waals surface area contributed by atoms with Crippen LogP contribution in [-0.2, 0) is 5.41 Å². The highest BCUT2D eigenvalue weighted by Crippen LogP contribution is 2.87. The van der Waals surface area contributed by atoms with Crippen molar-refractivity contribution in [2.45, 2.75) is 62.7 Å². The summed E-state index contributed by atoms with van der Waals surface area (Å²) < 4.78 is 0. The molecule has 0 saturated heterocycles. The maximum Gasteiger partial charge on any atom is 0.0506 e. The lowest BCUT2D eigenvalue weighted by atomic mass is 9.43. The summed E-state index contributed by atoms with van der Waals surface area (Å²) in [6.07, 6.45) is 8.13. The minimum Gasteiger partial charge on any atom is -0.119 e. The summed E-state index contributed by atoms with van der Waals surface area (Å²) in [6.45, 7) is 4.88. The van der Waals surface area contributed by atoms with Gasteiger partial charge in [0.1, 0.15) is 0 Å². The third kappa shape index (κ3) is 1.20. The van der Waals surface area contributed by atoms with Crippen LogP contribution in [0.1, 0.15) is 57.9 Å². The van der Waals surface area contributed by atoms with Gasteiger partial charge in [0.15, 0.2) is 0 Å². The van der Waals surface area contributed by atoms with Gasteiger partial charge in [0, 0.05) is 5.41 Å². The van der Waals surface area contributed by atoms with E-state index < -0.39 is 0 Å². The highest BCUT2D eigenvalue weighted by molar-refractivity contribution is 6.24. The fraction of sp³-hybridized carbons (Fsp3) is 0.700. The smallest absolute Gasteiger partial charge is 0.0506 e. The Morgan fingerprint density at radius 1 is 1.10 bits per heavy atom. The van der Waals surface area contributed by atoms with Gasteiger partial charge in [-0.05, 0) is 66.8 Å². The van der Waals surface area contributed by atoms with E-state index in [4.69, 9.17) is 11.6 Å². The lowest BCUT2D eigenvalue weighted by Gasteiger charge is -2.62. The molecular weight excluding hydrogens is 276 g/mol. The fourth-order valence-electron chi connectivity index (χ4n) is 7.76. The first-order chi connectivity index (χ1) is 9.98. The second-order valence-electron chi connectivity index (χ2n) is 8.91. The SMILES string of the molecule is CCC1(Cl)C2CC3(C)CC4(c5ccccc5)CC1C4(C2)C3. The van der Waals surface area contributed by atoms with Gasteiger partial charge in [-0.25, -0.2) is 0 Å². The molecule has 4 fully saturated rings. The topological polar surface area (TPSA) is 0 Å². The molecule has 0 N–H and O–H groups in total. The van der Waals surface area contributed by atoms with Crippen molar-refractivity contribution in [3.05, 3.63) is 35.9 Å². The van der Waals surface area contributed by atoms with E-state index in [2.05, 4.69) is 44.2 Å². The number of hydrogen-bond acceptors (Lipinski definition) is 0. The summed E-state index contributed by atoms with van der Waals surface area (Å²) in [5.41, 5.74) is 3.14. The molecule has 112 valence electrons. The maximum atomic E-state index is 7.24. The van der Waals surface area contributed by atoms with Gasteiger partial charge in [-0.15, -0.1) is 11.6 Å². The molecular formula is C20H25Cl. The van der Waals surface area contributed by atoms with E-state index in [1.165, 1.54) is 32.1 Å². The first-order valence-corrected chi connectivity index (χ1v) is 9.10. The molecule has 0 nitrogen and oxygen atoms in total. The molecule has 21 heavy (non-hydrogen) atoms. The van der Waals surface area contributed by atoms with E-state index in [0.29, 0.717) is 16.2 Å². The first kappa shape index (κ1) is 13.0. The van der Waals surface area contributed by atoms with Crippen LogP contribution in [0, 0.1) is 22.7 Å². The zero-order valence-corrected chi connectivity index (χ0v) is 13.9. The Hall–Kier alpha value is -0.490. The van der Waals surface area contributed by atoms with Gasteiger partial charge >= 0.3 is 0 Å². The Balaban J connectivity index is 1.70. The van der Waals surface area contributed by atoms with Crippen LogP contribution in [0.4, 0.5) is 0 Å². The molecule has 1 aromatic carbocycles. The zero-order valence-electron chi connectivity index (χ0n) is 13.2. The molecule has 0 aromatic heterocycles. The largest absolute Gasteiger partial charge is 0.119 e. The number of fused-ring (bicyclic) bond motifs is 2. The second kappa shape index (κ2) is 3.53. The van der Waals surface area contributed by atoms with Crippen molar-refractivity contribution in [1.82, 2.24) is 0 Å². The molecule has 5 rings (SSSR count). The Morgan fingerprint density at radius 2 is 1.86 bits per heavy atom. The molecule has 3 bridgehead atoms. The quantitative estimate of drug-likeness (QED) is 0.629. The number of alkyl halides is 1. The van der Waals surface area contributed by atoms with Crippen molar-refractivity contribution in [2.75, 3.05) is 0 Å². The zero-order chi connectivity index (χ0) is 14.5. The van der Waals surface area contributed by atoms with Crippen molar-refractivity contribution >= 4 is 11.6 Å². The summed E-state index contributed by atoms with van der Waals surface area (Å²) in [4.78, 5) is 0.108. The van der Waals surface area contributed by atoms with Gasteiger partial charge in [-0.3, -0.25) is 0 Å². The van der Waals surface area contributed by atoms with E-state index in [0.717, 1.165) is 18.3 Å². The lowest BCUT2D eigenvalue weighted by Crippen LogP contribution is -2.59. The lowest BCUT2D eigenvalue weighted by molar-refractivity contribution is -0.0476. The summed E-state index contributed by atoms with van der Waals surface area (Å²) in [5.74, 6) is 1.53. The van der Waals surface area contributed by atoms with E-state index in [-0.39, 0.29) is 4.87 Å². The third-order valence-corrected chi connectivity index (χ3v) is 8.96. The van der Waals surface area contributed by atoms with Crippen molar-refractivity contribution < 1.29 is 0 Å². The average molecular weight is 301 g/mol. The minimum absolute atomic E-state index is 0.108. The van der Waals surface area contributed by atoms with Crippen LogP contribution >= 0.6 is 11.6 Å². The van der Waals surface area contributed by atoms with Gasteiger partial charge < -0.3 is 0 Å². The van der Waals surface area contributed by atoms with Crippen molar-refractivity contribution in [3.63, 3.8) is 0 Å². The van der Waals surface area contributed by atoms with Crippen LogP contribution in [0.5, 0.6) is 0 Å². The molecule has 1 spiro atoms. The Kier molecular flexibility index (Phi) is 2.19. The third-order valence-electron chi connectivity index (χ3n) is 8.12. The standard InChI is InChI=1S/C20H25Cl/c1-3-20(21)15-9-17(2)12-18(14-7-5-4-6-8-14)11-16(20)19(18,10-15)13-17/h4-8,15-16H,3,9-13H2,1-2H3. The summed E-state index contributed by atoms with van der Waals surface area (Å²) in [6, 6.07) is 11.4. The Bertz CT molecular complexity index is 610. The monoisotopic (exact) mass is 300 g/mol. The van der Waals surface area contributed by atoms with Gasteiger partial charge in [-0.2, -0.15) is 0 Å². The van der Waals surface area contributed by atoms with E-state index in [9.17, 15) is 0 Å². The summed E-state index contributed by atoms with van der Waals surface area (Å²) >= 11 is 7.24. The summed E-state index contributed by atoms with van der Waals surface area (Å²) in [7, 11) is 0. The molecule has 1 aromatic rings. The van der Waals surface area contributed by atoms with Crippen LogP contribution < -0.4 is 0 Å². The van der Waals surface area contributed by atoms with Gasteiger partial charge in [0.25, 0.3) is 0 Å². The maximum absolute atomic E-state index is 7.24. The highest BCUT2D eigenvalue weighted by atomic mass is 35.5. The highest BCUT2D eigenvalue weighted by Gasteiger charge is 2.82. The Morgan fingerprint density at radius 3 is 2.57 bits per heavy atom. The summed E-state index contributed by atoms with van der Waals surface area (Å²) in [5, 5.41) is 0. The van der Waals surface area contributed by atoms with Crippen LogP contribution in [0.15, 0.2) is 30.3 Å². The number of rotatable bonds is 2. The molecule has 0 heterocycles. The molecule has 4 saturated carbocycles. The molecule has 4 aliphatic carbocycles. The molecule has 1 heteroatoms. The van der Waals surface area contributed by atoms with E-state index >= 15 is 0 Å². The van der Waals surface area contributed by atoms with Crippen LogP contribution in [0.25, 0.3) is 0 Å². The van der Waals surface area contributed by atoms with Crippen molar-refractivity contribution in [2.24, 2.45) is 22.7 Å². The molecule has 4 aliphatic rings. The first-order valence-electron chi connectivity index (χ1n) is 8.73. The predicted molar refractivity (Wildman–Crippen MR) is 87.6 cm³/mol. The molecule has 0 amide bonds. The molecule has 0 radical (unpaired) electrons. The van der Waals surface area contributed by atoms with Gasteiger partial charge in [0.05, 0.1) is 4.87 Å². The van der Waals surface area contributed by atoms with Gasteiger partial charge in [0.2, 0.25) is 0 Å². The van der Waals surface area contributed by atoms with Crippen molar-refractivity contribution in [3.8, 4) is 0 Å². The van der Waals surface area contributed by atoms with Crippen molar-refractivity contribution in [1.29, 1.82) is 0 Å². The van der Waals surface area contributed by atoms with Crippen LogP contribution in [-0.4, -0.2) is 4.87 Å². The normalized spacial score (nSPS) is 56.3. The fourth-order valence-corrected chi connectivity index (χ4v) is 8.20. The van der Waals surface area contributed by atoms with Crippen LogP contribution in [0.3, 0.4) is 0 Å². The van der Waals surface area contributed by atoms with Crippen LogP contribution in [0.2, 0.25) is 0 Å². The minimum atomic E-state index is 0.108.